The highest BCUT2D eigenvalue weighted by atomic mass is 16.7. The van der Waals surface area contributed by atoms with Crippen LogP contribution in [0.25, 0.3) is 0 Å². The Bertz CT molecular complexity index is 1090. The topological polar surface area (TPSA) is 151 Å². The smallest absolute Gasteiger partial charge is 0.420 e. The molecule has 0 spiro atoms. The summed E-state index contributed by atoms with van der Waals surface area (Å²) in [4.78, 5) is 53.1. The van der Waals surface area contributed by atoms with Crippen molar-refractivity contribution in [3.63, 3.8) is 0 Å². The lowest BCUT2D eigenvalue weighted by Gasteiger charge is -2.37. The molecule has 1 aromatic carbocycles. The third kappa shape index (κ3) is 4.28. The van der Waals surface area contributed by atoms with Gasteiger partial charge in [-0.3, -0.25) is 14.6 Å². The van der Waals surface area contributed by atoms with Crippen LogP contribution >= 0.6 is 0 Å². The summed E-state index contributed by atoms with van der Waals surface area (Å²) in [6, 6.07) is 6.90. The molecule has 3 fully saturated rings. The maximum absolute atomic E-state index is 12.8. The van der Waals surface area contributed by atoms with Crippen molar-refractivity contribution in [2.45, 2.75) is 18.2 Å². The Balaban J connectivity index is 1.28. The van der Waals surface area contributed by atoms with Gasteiger partial charge in [0.2, 0.25) is 5.91 Å². The maximum Gasteiger partial charge on any atom is 0.420 e. The summed E-state index contributed by atoms with van der Waals surface area (Å²) in [6.07, 6.45) is -0.835. The Morgan fingerprint density at radius 2 is 1.94 bits per heavy atom. The molecule has 3 amide bonds. The molecular formula is C22H25N5O8. The molecule has 4 rings (SSSR count). The average molecular weight is 487 g/mol. The second-order valence-corrected chi connectivity index (χ2v) is 8.06. The summed E-state index contributed by atoms with van der Waals surface area (Å²) < 4.78 is 20.5. The van der Waals surface area contributed by atoms with E-state index in [4.69, 9.17) is 18.9 Å². The molecule has 0 radical (unpaired) electrons. The number of hydrogen-bond acceptors (Lipinski definition) is 10. The van der Waals surface area contributed by atoms with Crippen LogP contribution in [0.15, 0.2) is 18.2 Å². The molecule has 13 heteroatoms. The third-order valence-electron chi connectivity index (χ3n) is 6.19. The Morgan fingerprint density at radius 3 is 2.66 bits per heavy atom. The highest BCUT2D eigenvalue weighted by Crippen LogP contribution is 2.36. The van der Waals surface area contributed by atoms with Crippen LogP contribution in [-0.2, 0) is 23.9 Å². The van der Waals surface area contributed by atoms with E-state index in [1.54, 1.807) is 28.0 Å². The van der Waals surface area contributed by atoms with Gasteiger partial charge < -0.3 is 29.2 Å². The first-order chi connectivity index (χ1) is 16.8. The predicted molar refractivity (Wildman–Crippen MR) is 117 cm³/mol. The van der Waals surface area contributed by atoms with Gasteiger partial charge in [-0.25, -0.2) is 14.4 Å². The van der Waals surface area contributed by atoms with Gasteiger partial charge in [-0.2, -0.15) is 5.26 Å². The number of rotatable bonds is 8. The highest BCUT2D eigenvalue weighted by molar-refractivity contribution is 6.30. The molecule has 0 bridgehead atoms. The minimum atomic E-state index is -1.95. The number of esters is 2. The highest BCUT2D eigenvalue weighted by Gasteiger charge is 2.61. The predicted octanol–water partition coefficient (Wildman–Crippen LogP) is -0.544. The summed E-state index contributed by atoms with van der Waals surface area (Å²) in [5.74, 6) is -1.88. The average Bonchev–Trinajstić information content (AvgIpc) is 3.41. The van der Waals surface area contributed by atoms with Crippen molar-refractivity contribution in [2.24, 2.45) is 0 Å². The quantitative estimate of drug-likeness (QED) is 0.287. The van der Waals surface area contributed by atoms with Gasteiger partial charge in [0.1, 0.15) is 6.07 Å². The number of ether oxygens (including phenoxy) is 4. The molecule has 186 valence electrons. The first-order valence-corrected chi connectivity index (χ1v) is 11.0. The lowest BCUT2D eigenvalue weighted by molar-refractivity contribution is -0.217. The van der Waals surface area contributed by atoms with Crippen molar-refractivity contribution in [1.82, 2.24) is 15.1 Å². The normalized spacial score (nSPS) is 23.5. The van der Waals surface area contributed by atoms with Crippen molar-refractivity contribution < 1.29 is 38.1 Å². The lowest BCUT2D eigenvalue weighted by atomic mass is 10.1. The summed E-state index contributed by atoms with van der Waals surface area (Å²) in [5.41, 5.74) is -1.26. The van der Waals surface area contributed by atoms with Crippen LogP contribution in [0.3, 0.4) is 0 Å². The van der Waals surface area contributed by atoms with E-state index in [-0.39, 0.29) is 25.5 Å². The number of fused-ring (bicyclic) bond motifs is 1. The minimum Gasteiger partial charge on any atom is -0.493 e. The number of amides is 3. The van der Waals surface area contributed by atoms with Gasteiger partial charge in [-0.15, -0.1) is 0 Å². The van der Waals surface area contributed by atoms with Crippen LogP contribution in [0.2, 0.25) is 0 Å². The summed E-state index contributed by atoms with van der Waals surface area (Å²) >= 11 is 0. The van der Waals surface area contributed by atoms with Crippen LogP contribution in [0.4, 0.5) is 10.5 Å². The van der Waals surface area contributed by atoms with Crippen molar-refractivity contribution in [1.29, 1.82) is 5.26 Å². The second kappa shape index (κ2) is 9.67. The molecule has 0 aromatic heterocycles. The molecule has 1 unspecified atom stereocenters. The number of urea groups is 1. The fraction of sp³-hybridized carbons (Fsp3) is 0.500. The molecule has 2 atom stereocenters. The molecule has 1 N–H and O–H groups in total. The molecule has 3 saturated heterocycles. The molecule has 3 heterocycles. The van der Waals surface area contributed by atoms with Gasteiger partial charge in [-0.1, -0.05) is 0 Å². The number of likely N-dealkylation sites (tertiary alicyclic amines) is 1. The van der Waals surface area contributed by atoms with E-state index in [2.05, 4.69) is 5.32 Å². The van der Waals surface area contributed by atoms with Gasteiger partial charge in [0.15, 0.2) is 17.6 Å². The number of nitriles is 1. The summed E-state index contributed by atoms with van der Waals surface area (Å²) in [5, 5.41) is 12.6. The molecule has 1 aromatic rings. The van der Waals surface area contributed by atoms with E-state index in [0.29, 0.717) is 43.4 Å². The molecule has 3 aliphatic heterocycles. The summed E-state index contributed by atoms with van der Waals surface area (Å²) in [7, 11) is 3.06. The minimum absolute atomic E-state index is 0.101. The number of hydrogen-bond donors (Lipinski definition) is 1. The monoisotopic (exact) mass is 487 g/mol. The van der Waals surface area contributed by atoms with Gasteiger partial charge in [0, 0.05) is 50.9 Å². The number of methoxy groups -OCH3 is 2. The number of nitrogens with one attached hydrogen (secondary N) is 1. The standard InChI is InChI=1S/C22H25N5O8/c1-32-15-4-3-14(11-16(15)33-2)26-10-9-25(21(26)31)8-6-24-12-18(28)27-7-5-17-22(27,13-23)35-20(30)19(29)34-17/h3-4,11,17,24H,5-10,12H2,1-2H3/t17?,22-/m0/s1. The fourth-order valence-electron chi connectivity index (χ4n) is 4.39. The van der Waals surface area contributed by atoms with Gasteiger partial charge in [-0.05, 0) is 12.1 Å². The molecule has 35 heavy (non-hydrogen) atoms. The molecule has 0 aliphatic carbocycles. The SMILES string of the molecule is COc1ccc(N2CCN(CCNCC(=O)N3CCC4OC(=O)C(=O)O[C@@]43C#N)C2=O)cc1OC. The molecule has 13 nitrogen and oxygen atoms in total. The number of carbonyl (C=O) groups excluding carboxylic acids is 4. The number of carbonyl (C=O) groups is 4. The first kappa shape index (κ1) is 24.1. The zero-order valence-corrected chi connectivity index (χ0v) is 19.3. The van der Waals surface area contributed by atoms with E-state index in [9.17, 15) is 24.4 Å². The van der Waals surface area contributed by atoms with Crippen LogP contribution in [-0.4, -0.2) is 99.0 Å². The van der Waals surface area contributed by atoms with Gasteiger partial charge in [0.05, 0.1) is 20.8 Å². The lowest BCUT2D eigenvalue weighted by Crippen LogP contribution is -2.61. The number of nitrogens with zero attached hydrogens (tertiary/aromatic N) is 4. The Morgan fingerprint density at radius 1 is 1.17 bits per heavy atom. The van der Waals surface area contributed by atoms with Crippen molar-refractivity contribution in [3.05, 3.63) is 18.2 Å². The van der Waals surface area contributed by atoms with Crippen LogP contribution in [0, 0.1) is 11.3 Å². The Labute approximate surface area is 201 Å². The van der Waals surface area contributed by atoms with Crippen LogP contribution in [0.5, 0.6) is 11.5 Å². The van der Waals surface area contributed by atoms with Crippen LogP contribution in [0.1, 0.15) is 6.42 Å². The Hall–Kier alpha value is -4.05. The first-order valence-electron chi connectivity index (χ1n) is 11.0. The van der Waals surface area contributed by atoms with E-state index in [1.807, 2.05) is 6.07 Å². The molecule has 3 aliphatic rings. The molecular weight excluding hydrogens is 462 g/mol. The summed E-state index contributed by atoms with van der Waals surface area (Å²) in [6.45, 7) is 1.64. The third-order valence-corrected chi connectivity index (χ3v) is 6.19. The Kier molecular flexibility index (Phi) is 6.65. The second-order valence-electron chi connectivity index (χ2n) is 8.06. The van der Waals surface area contributed by atoms with Crippen molar-refractivity contribution in [2.75, 3.05) is 58.4 Å². The zero-order chi connectivity index (χ0) is 25.2. The van der Waals surface area contributed by atoms with E-state index in [0.717, 1.165) is 4.90 Å². The largest absolute Gasteiger partial charge is 0.493 e. The van der Waals surface area contributed by atoms with Crippen molar-refractivity contribution in [3.8, 4) is 17.6 Å². The van der Waals surface area contributed by atoms with E-state index >= 15 is 0 Å². The maximum atomic E-state index is 12.8. The number of anilines is 1. The van der Waals surface area contributed by atoms with Crippen molar-refractivity contribution >= 4 is 29.6 Å². The van der Waals surface area contributed by atoms with Gasteiger partial charge in [0.25, 0.3) is 0 Å². The van der Waals surface area contributed by atoms with E-state index < -0.39 is 29.7 Å². The molecule has 0 saturated carbocycles. The zero-order valence-electron chi connectivity index (χ0n) is 19.3. The number of benzene rings is 1. The van der Waals surface area contributed by atoms with Crippen LogP contribution < -0.4 is 19.7 Å². The fourth-order valence-corrected chi connectivity index (χ4v) is 4.39. The van der Waals surface area contributed by atoms with E-state index in [1.165, 1.54) is 14.2 Å². The van der Waals surface area contributed by atoms with Gasteiger partial charge >= 0.3 is 23.7 Å².